The molecule has 82 valence electrons. The minimum Gasteiger partial charge on any atom is -0.396 e. The maximum Gasteiger partial charge on any atom is 0.133 e. The molecule has 0 unspecified atom stereocenters. The molecule has 0 spiro atoms. The zero-order chi connectivity index (χ0) is 11.7. The minimum absolute atomic E-state index is 0.375. The Morgan fingerprint density at radius 3 is 2.94 bits per heavy atom. The van der Waals surface area contributed by atoms with E-state index in [1.807, 2.05) is 17.8 Å². The minimum atomic E-state index is 0.375. The van der Waals surface area contributed by atoms with E-state index in [0.29, 0.717) is 23.1 Å². The average Bonchev–Trinajstić information content (AvgIpc) is 2.78. The molecule has 0 amide bonds. The smallest absolute Gasteiger partial charge is 0.133 e. The van der Waals surface area contributed by atoms with Gasteiger partial charge in [-0.1, -0.05) is 11.6 Å². The van der Waals surface area contributed by atoms with E-state index in [-0.39, 0.29) is 0 Å². The number of nitrogen functional groups attached to an aromatic ring is 1. The summed E-state index contributed by atoms with van der Waals surface area (Å²) < 4.78 is 3.51. The van der Waals surface area contributed by atoms with Crippen LogP contribution in [-0.2, 0) is 13.6 Å². The van der Waals surface area contributed by atoms with Crippen molar-refractivity contribution in [2.45, 2.75) is 6.54 Å². The van der Waals surface area contributed by atoms with Gasteiger partial charge in [-0.25, -0.2) is 4.98 Å². The molecule has 0 saturated carbocycles. The van der Waals surface area contributed by atoms with E-state index in [9.17, 15) is 0 Å². The van der Waals surface area contributed by atoms with Gasteiger partial charge >= 0.3 is 0 Å². The van der Waals surface area contributed by atoms with Crippen LogP contribution < -0.4 is 5.73 Å². The number of rotatable bonds is 2. The van der Waals surface area contributed by atoms with Crippen LogP contribution in [0.15, 0.2) is 18.5 Å². The van der Waals surface area contributed by atoms with Crippen LogP contribution in [0.25, 0.3) is 0 Å². The van der Waals surface area contributed by atoms with E-state index >= 15 is 0 Å². The van der Waals surface area contributed by atoms with Gasteiger partial charge in [-0.15, -0.1) is 0 Å². The molecule has 2 rings (SSSR count). The number of nitrogens with zero attached hydrogens (tertiary/aromatic N) is 4. The molecule has 5 nitrogen and oxygen atoms in total. The van der Waals surface area contributed by atoms with Crippen molar-refractivity contribution in [3.63, 3.8) is 0 Å². The lowest BCUT2D eigenvalue weighted by Crippen LogP contribution is -2.07. The fraction of sp³-hybridized carbons (Fsp3) is 0.200. The first-order chi connectivity index (χ1) is 7.63. The maximum absolute atomic E-state index is 8.94. The lowest BCUT2D eigenvalue weighted by Gasteiger charge is -2.06. The Bertz CT molecular complexity index is 560. The summed E-state index contributed by atoms with van der Waals surface area (Å²) >= 11 is 6.01. The summed E-state index contributed by atoms with van der Waals surface area (Å²) in [5.74, 6) is 0.814. The summed E-state index contributed by atoms with van der Waals surface area (Å²) in [5.41, 5.74) is 6.50. The number of aromatic nitrogens is 3. The normalized spacial score (nSPS) is 10.3. The lowest BCUT2D eigenvalue weighted by molar-refractivity contribution is 0.698. The van der Waals surface area contributed by atoms with Gasteiger partial charge in [0.1, 0.15) is 22.7 Å². The lowest BCUT2D eigenvalue weighted by atomic mass is 10.4. The summed E-state index contributed by atoms with van der Waals surface area (Å²) in [4.78, 5) is 4.17. The third-order valence-electron chi connectivity index (χ3n) is 2.39. The van der Waals surface area contributed by atoms with Gasteiger partial charge in [0, 0.05) is 19.4 Å². The van der Waals surface area contributed by atoms with Gasteiger partial charge in [-0.05, 0) is 6.07 Å². The van der Waals surface area contributed by atoms with Crippen LogP contribution in [0.5, 0.6) is 0 Å². The molecule has 0 bridgehead atoms. The molecule has 0 fully saturated rings. The summed E-state index contributed by atoms with van der Waals surface area (Å²) in [5, 5.41) is 9.32. The Labute approximate surface area is 97.7 Å². The number of anilines is 1. The van der Waals surface area contributed by atoms with Gasteiger partial charge in [0.05, 0.1) is 12.2 Å². The predicted octanol–water partition coefficient (Wildman–Crippen LogP) is 1.38. The van der Waals surface area contributed by atoms with Gasteiger partial charge in [-0.2, -0.15) is 5.26 Å². The molecule has 2 aromatic heterocycles. The van der Waals surface area contributed by atoms with Crippen LogP contribution in [0.4, 0.5) is 5.69 Å². The molecule has 0 aliphatic heterocycles. The first kappa shape index (κ1) is 10.6. The van der Waals surface area contributed by atoms with E-state index < -0.39 is 0 Å². The fourth-order valence-corrected chi connectivity index (χ4v) is 1.69. The predicted molar refractivity (Wildman–Crippen MR) is 60.9 cm³/mol. The van der Waals surface area contributed by atoms with Crippen molar-refractivity contribution in [1.29, 1.82) is 5.26 Å². The largest absolute Gasteiger partial charge is 0.396 e. The Morgan fingerprint density at radius 2 is 2.38 bits per heavy atom. The van der Waals surface area contributed by atoms with Crippen LogP contribution in [-0.4, -0.2) is 14.1 Å². The van der Waals surface area contributed by atoms with Crippen LogP contribution in [0.2, 0.25) is 5.15 Å². The highest BCUT2D eigenvalue weighted by Gasteiger charge is 2.12. The summed E-state index contributed by atoms with van der Waals surface area (Å²) in [7, 11) is 1.88. The zero-order valence-electron chi connectivity index (χ0n) is 8.68. The number of nitrogens with two attached hydrogens (primary N) is 1. The molecule has 2 aromatic rings. The SMILES string of the molecule is Cn1ccnc1Cn1c(C#N)cc(N)c1Cl. The number of imidazole rings is 1. The van der Waals surface area contributed by atoms with Crippen molar-refractivity contribution in [1.82, 2.24) is 14.1 Å². The number of hydrogen-bond acceptors (Lipinski definition) is 3. The van der Waals surface area contributed by atoms with E-state index in [1.54, 1.807) is 16.8 Å². The zero-order valence-corrected chi connectivity index (χ0v) is 9.44. The molecule has 16 heavy (non-hydrogen) atoms. The van der Waals surface area contributed by atoms with Crippen molar-refractivity contribution < 1.29 is 0 Å². The third kappa shape index (κ3) is 1.64. The van der Waals surface area contributed by atoms with E-state index in [2.05, 4.69) is 11.1 Å². The third-order valence-corrected chi connectivity index (χ3v) is 2.82. The monoisotopic (exact) mass is 235 g/mol. The van der Waals surface area contributed by atoms with Gasteiger partial charge in [0.15, 0.2) is 0 Å². The second-order valence-corrected chi connectivity index (χ2v) is 3.79. The molecule has 0 aliphatic rings. The number of halogens is 1. The average molecular weight is 236 g/mol. The second kappa shape index (κ2) is 3.91. The number of nitriles is 1. The highest BCUT2D eigenvalue weighted by molar-refractivity contribution is 6.32. The molecular formula is C10H10ClN5. The van der Waals surface area contributed by atoms with Crippen LogP contribution in [0, 0.1) is 11.3 Å². The van der Waals surface area contributed by atoms with Crippen molar-refractivity contribution in [2.75, 3.05) is 5.73 Å². The number of aryl methyl sites for hydroxylation is 1. The van der Waals surface area contributed by atoms with Crippen molar-refractivity contribution in [2.24, 2.45) is 7.05 Å². The molecule has 0 aromatic carbocycles. The highest BCUT2D eigenvalue weighted by atomic mass is 35.5. The van der Waals surface area contributed by atoms with E-state index in [4.69, 9.17) is 22.6 Å². The first-order valence-corrected chi connectivity index (χ1v) is 5.02. The van der Waals surface area contributed by atoms with Gasteiger partial charge in [0.2, 0.25) is 0 Å². The topological polar surface area (TPSA) is 72.6 Å². The Morgan fingerprint density at radius 1 is 1.62 bits per heavy atom. The van der Waals surface area contributed by atoms with Gasteiger partial charge in [-0.3, -0.25) is 0 Å². The molecule has 6 heteroatoms. The van der Waals surface area contributed by atoms with E-state index in [0.717, 1.165) is 5.82 Å². The van der Waals surface area contributed by atoms with Crippen LogP contribution >= 0.6 is 11.6 Å². The summed E-state index contributed by atoms with van der Waals surface area (Å²) in [6.07, 6.45) is 3.53. The molecule has 2 heterocycles. The van der Waals surface area contributed by atoms with Gasteiger partial charge in [0.25, 0.3) is 0 Å². The summed E-state index contributed by atoms with van der Waals surface area (Å²) in [6, 6.07) is 3.61. The van der Waals surface area contributed by atoms with Gasteiger partial charge < -0.3 is 14.9 Å². The Hall–Kier alpha value is -1.93. The molecule has 0 atom stereocenters. The Balaban J connectivity index is 2.42. The number of hydrogen-bond donors (Lipinski definition) is 1. The first-order valence-electron chi connectivity index (χ1n) is 4.64. The standard InChI is InChI=1S/C10H10ClN5/c1-15-3-2-14-9(15)6-16-7(5-12)4-8(13)10(16)11/h2-4H,6,13H2,1H3. The second-order valence-electron chi connectivity index (χ2n) is 3.43. The highest BCUT2D eigenvalue weighted by Crippen LogP contribution is 2.24. The fourth-order valence-electron chi connectivity index (χ4n) is 1.48. The van der Waals surface area contributed by atoms with Crippen molar-refractivity contribution in [3.05, 3.63) is 35.1 Å². The Kier molecular flexibility index (Phi) is 2.59. The van der Waals surface area contributed by atoms with Crippen LogP contribution in [0.3, 0.4) is 0 Å². The quantitative estimate of drug-likeness (QED) is 0.855. The summed E-state index contributed by atoms with van der Waals surface area (Å²) in [6.45, 7) is 0.433. The molecule has 2 N–H and O–H groups in total. The van der Waals surface area contributed by atoms with Crippen molar-refractivity contribution in [3.8, 4) is 6.07 Å². The molecule has 0 aliphatic carbocycles. The maximum atomic E-state index is 8.94. The molecule has 0 radical (unpaired) electrons. The molecule has 0 saturated heterocycles. The van der Waals surface area contributed by atoms with E-state index in [1.165, 1.54) is 0 Å². The van der Waals surface area contributed by atoms with Crippen molar-refractivity contribution >= 4 is 17.3 Å². The van der Waals surface area contributed by atoms with Crippen LogP contribution in [0.1, 0.15) is 11.5 Å². The molecular weight excluding hydrogens is 226 g/mol.